The molecule has 2 N–H and O–H groups in total. The number of hydrogen-bond donors (Lipinski definition) is 1. The number of benzene rings is 1. The first-order chi connectivity index (χ1) is 5.00. The molecule has 60 valence electrons. The van der Waals surface area contributed by atoms with Gasteiger partial charge in [-0.15, -0.1) is 0 Å². The molecule has 0 aliphatic heterocycles. The van der Waals surface area contributed by atoms with E-state index in [2.05, 4.69) is 22.6 Å². The minimum Gasteiger partial charge on any atom is -0.313 e. The molecule has 0 fully saturated rings. The average molecular weight is 282 g/mol. The van der Waals surface area contributed by atoms with E-state index >= 15 is 0 Å². The van der Waals surface area contributed by atoms with E-state index in [1.807, 2.05) is 31.2 Å². The van der Waals surface area contributed by atoms with E-state index in [0.29, 0.717) is 0 Å². The van der Waals surface area contributed by atoms with Crippen molar-refractivity contribution >= 4 is 34.2 Å². The summed E-state index contributed by atoms with van der Waals surface area (Å²) in [5, 5.41) is 0.732. The quantitative estimate of drug-likeness (QED) is 0.478. The van der Waals surface area contributed by atoms with E-state index in [1.165, 1.54) is 0 Å². The first-order valence-electron chi connectivity index (χ1n) is 3.24. The molecule has 0 radical (unpaired) electrons. The third kappa shape index (κ3) is 2.61. The van der Waals surface area contributed by atoms with Crippen LogP contribution in [-0.4, -0.2) is 0 Å². The molecule has 0 amide bonds. The average Bonchev–Trinajstić information content (AvgIpc) is 1.86. The largest absolute Gasteiger partial charge is 0.313 e. The smallest absolute Gasteiger partial charge is 0.0907 e. The molecule has 0 heterocycles. The van der Waals surface area contributed by atoms with Gasteiger partial charge in [-0.3, -0.25) is 0 Å². The van der Waals surface area contributed by atoms with Gasteiger partial charge in [-0.05, 0) is 24.6 Å². The Labute approximate surface area is 85.1 Å². The van der Waals surface area contributed by atoms with Crippen LogP contribution in [0, 0.1) is 0 Å². The molecule has 0 aliphatic carbocycles. The second-order valence-electron chi connectivity index (χ2n) is 2.59. The zero-order valence-electron chi connectivity index (χ0n) is 6.14. The van der Waals surface area contributed by atoms with E-state index in [-0.39, 0.29) is 3.55 Å². The number of nitrogens with two attached hydrogens (primary N) is 1. The first kappa shape index (κ1) is 9.29. The summed E-state index contributed by atoms with van der Waals surface area (Å²) in [6.07, 6.45) is 0. The molecule has 1 aromatic rings. The highest BCUT2D eigenvalue weighted by Gasteiger charge is 2.15. The summed E-state index contributed by atoms with van der Waals surface area (Å²) >= 11 is 7.97. The van der Waals surface area contributed by atoms with Crippen molar-refractivity contribution in [1.82, 2.24) is 0 Å². The van der Waals surface area contributed by atoms with Crippen LogP contribution < -0.4 is 5.73 Å². The highest BCUT2D eigenvalue weighted by molar-refractivity contribution is 14.1. The van der Waals surface area contributed by atoms with Crippen LogP contribution in [0.2, 0.25) is 5.02 Å². The van der Waals surface area contributed by atoms with Crippen molar-refractivity contribution in [3.63, 3.8) is 0 Å². The monoisotopic (exact) mass is 281 g/mol. The molecular formula is C8H9ClIN. The van der Waals surface area contributed by atoms with Crippen molar-refractivity contribution in [2.75, 3.05) is 0 Å². The van der Waals surface area contributed by atoms with Gasteiger partial charge in [0.05, 0.1) is 3.55 Å². The maximum absolute atomic E-state index is 5.85. The Kier molecular flexibility index (Phi) is 2.78. The van der Waals surface area contributed by atoms with Crippen molar-refractivity contribution in [2.45, 2.75) is 10.5 Å². The van der Waals surface area contributed by atoms with Gasteiger partial charge >= 0.3 is 0 Å². The fourth-order valence-electron chi connectivity index (χ4n) is 0.793. The van der Waals surface area contributed by atoms with E-state index in [1.54, 1.807) is 0 Å². The number of hydrogen-bond acceptors (Lipinski definition) is 1. The van der Waals surface area contributed by atoms with Crippen LogP contribution in [0.5, 0.6) is 0 Å². The van der Waals surface area contributed by atoms with Gasteiger partial charge < -0.3 is 5.73 Å². The minimum absolute atomic E-state index is 0.331. The molecular weight excluding hydrogens is 272 g/mol. The maximum Gasteiger partial charge on any atom is 0.0907 e. The molecule has 0 aliphatic rings. The summed E-state index contributed by atoms with van der Waals surface area (Å²) in [5.74, 6) is 0. The lowest BCUT2D eigenvalue weighted by molar-refractivity contribution is 0.780. The number of alkyl halides is 1. The number of rotatable bonds is 1. The van der Waals surface area contributed by atoms with Crippen LogP contribution in [0.1, 0.15) is 12.5 Å². The summed E-state index contributed by atoms with van der Waals surface area (Å²) in [6, 6.07) is 7.60. The van der Waals surface area contributed by atoms with Crippen LogP contribution in [0.15, 0.2) is 24.3 Å². The lowest BCUT2D eigenvalue weighted by Crippen LogP contribution is -2.24. The highest BCUT2D eigenvalue weighted by Crippen LogP contribution is 2.26. The summed E-state index contributed by atoms with van der Waals surface area (Å²) in [5.41, 5.74) is 6.90. The van der Waals surface area contributed by atoms with Crippen LogP contribution in [0.3, 0.4) is 0 Å². The van der Waals surface area contributed by atoms with Crippen LogP contribution in [-0.2, 0) is 3.55 Å². The summed E-state index contributed by atoms with van der Waals surface area (Å²) < 4.78 is -0.331. The zero-order chi connectivity index (χ0) is 8.48. The molecule has 0 saturated heterocycles. The molecule has 0 saturated carbocycles. The van der Waals surface area contributed by atoms with Gasteiger partial charge in [0.15, 0.2) is 0 Å². The van der Waals surface area contributed by atoms with Crippen molar-refractivity contribution in [3.05, 3.63) is 34.9 Å². The Morgan fingerprint density at radius 1 is 1.55 bits per heavy atom. The second-order valence-corrected chi connectivity index (χ2v) is 5.26. The molecule has 0 spiro atoms. The predicted octanol–water partition coefficient (Wildman–Crippen LogP) is 2.91. The van der Waals surface area contributed by atoms with E-state index < -0.39 is 0 Å². The Morgan fingerprint density at radius 3 is 2.55 bits per heavy atom. The van der Waals surface area contributed by atoms with Crippen molar-refractivity contribution < 1.29 is 0 Å². The van der Waals surface area contributed by atoms with Gasteiger partial charge in [-0.2, -0.15) is 0 Å². The van der Waals surface area contributed by atoms with Crippen LogP contribution in [0.25, 0.3) is 0 Å². The topological polar surface area (TPSA) is 26.0 Å². The lowest BCUT2D eigenvalue weighted by Gasteiger charge is -2.16. The van der Waals surface area contributed by atoms with Gasteiger partial charge in [0, 0.05) is 5.02 Å². The highest BCUT2D eigenvalue weighted by atomic mass is 127. The molecule has 0 aromatic heterocycles. The van der Waals surface area contributed by atoms with Crippen LogP contribution >= 0.6 is 34.2 Å². The van der Waals surface area contributed by atoms with Gasteiger partial charge in [0.25, 0.3) is 0 Å². The van der Waals surface area contributed by atoms with Crippen molar-refractivity contribution in [1.29, 1.82) is 0 Å². The predicted molar refractivity (Wildman–Crippen MR) is 57.0 cm³/mol. The molecule has 3 heteroatoms. The first-order valence-corrected chi connectivity index (χ1v) is 4.69. The standard InChI is InChI=1S/C8H9ClIN/c1-8(10,11)6-3-2-4-7(9)5-6/h2-5H,11H2,1H3/t8-/m0/s1. The Morgan fingerprint density at radius 2 is 2.18 bits per heavy atom. The second kappa shape index (κ2) is 3.29. The summed E-state index contributed by atoms with van der Waals surface area (Å²) in [7, 11) is 0. The third-order valence-corrected chi connectivity index (χ3v) is 2.25. The van der Waals surface area contributed by atoms with E-state index in [0.717, 1.165) is 10.6 Å². The number of halogens is 2. The molecule has 11 heavy (non-hydrogen) atoms. The third-order valence-electron chi connectivity index (χ3n) is 1.39. The normalized spacial score (nSPS) is 16.0. The zero-order valence-corrected chi connectivity index (χ0v) is 9.06. The fourth-order valence-corrected chi connectivity index (χ4v) is 1.32. The van der Waals surface area contributed by atoms with E-state index in [9.17, 15) is 0 Å². The van der Waals surface area contributed by atoms with Crippen LogP contribution in [0.4, 0.5) is 0 Å². The molecule has 1 nitrogen and oxygen atoms in total. The van der Waals surface area contributed by atoms with Crippen molar-refractivity contribution in [3.8, 4) is 0 Å². The maximum atomic E-state index is 5.85. The molecule has 1 aromatic carbocycles. The Bertz CT molecular complexity index is 255. The summed E-state index contributed by atoms with van der Waals surface area (Å²) in [4.78, 5) is 0. The molecule has 1 rings (SSSR count). The van der Waals surface area contributed by atoms with Gasteiger partial charge in [0.1, 0.15) is 0 Å². The van der Waals surface area contributed by atoms with Gasteiger partial charge in [0.2, 0.25) is 0 Å². The fraction of sp³-hybridized carbons (Fsp3) is 0.250. The Hall–Kier alpha value is 0.200. The minimum atomic E-state index is -0.331. The Balaban J connectivity index is 3.06. The lowest BCUT2D eigenvalue weighted by atomic mass is 10.1. The van der Waals surface area contributed by atoms with Gasteiger partial charge in [-0.1, -0.05) is 46.3 Å². The van der Waals surface area contributed by atoms with Gasteiger partial charge in [-0.25, -0.2) is 0 Å². The SMILES string of the molecule is C[C@@](N)(I)c1cccc(Cl)c1. The van der Waals surface area contributed by atoms with Crippen molar-refractivity contribution in [2.24, 2.45) is 5.73 Å². The molecule has 0 unspecified atom stereocenters. The summed E-state index contributed by atoms with van der Waals surface area (Å²) in [6.45, 7) is 1.94. The molecule has 0 bridgehead atoms. The van der Waals surface area contributed by atoms with E-state index in [4.69, 9.17) is 17.3 Å². The molecule has 1 atom stereocenters.